The average molecular weight is 582 g/mol. The predicted molar refractivity (Wildman–Crippen MR) is 137 cm³/mol. The van der Waals surface area contributed by atoms with Crippen LogP contribution in [0.3, 0.4) is 0 Å². The molecule has 4 N–H and O–H groups in total. The van der Waals surface area contributed by atoms with Gasteiger partial charge in [-0.3, -0.25) is 9.98 Å². The Kier molecular flexibility index (Phi) is 8.17. The molecule has 0 aliphatic heterocycles. The van der Waals surface area contributed by atoms with Gasteiger partial charge >= 0.3 is 0 Å². The van der Waals surface area contributed by atoms with Crippen LogP contribution in [-0.4, -0.2) is 32.9 Å². The minimum Gasteiger partial charge on any atom is -0.504 e. The molecule has 4 aromatic carbocycles. The maximum absolute atomic E-state index is 10.4. The molecule has 0 saturated heterocycles. The normalized spacial score (nSPS) is 13.1. The number of phenolic OH excluding ortho intramolecular Hbond substituents is 4. The van der Waals surface area contributed by atoms with E-state index >= 15 is 0 Å². The molecule has 0 heterocycles. The number of phenols is 4. The Morgan fingerprint density at radius 3 is 1.35 bits per heavy atom. The van der Waals surface area contributed by atoms with E-state index in [4.69, 9.17) is 9.98 Å². The van der Waals surface area contributed by atoms with Crippen molar-refractivity contribution in [3.8, 4) is 34.1 Å². The first-order valence-corrected chi connectivity index (χ1v) is 11.2. The first-order valence-electron chi connectivity index (χ1n) is 11.2. The minimum absolute atomic E-state index is 0. The number of nitrogens with zero attached hydrogens (tertiary/aromatic N) is 2. The third-order valence-electron chi connectivity index (χ3n) is 6.42. The van der Waals surface area contributed by atoms with E-state index in [0.29, 0.717) is 11.1 Å². The van der Waals surface area contributed by atoms with Crippen molar-refractivity contribution in [2.75, 3.05) is 0 Å². The van der Waals surface area contributed by atoms with Crippen LogP contribution in [-0.2, 0) is 38.6 Å². The second kappa shape index (κ2) is 10.8. The van der Waals surface area contributed by atoms with Crippen LogP contribution in [0.15, 0.2) is 82.8 Å². The Bertz CT molecular complexity index is 1420. The Morgan fingerprint density at radius 2 is 0.946 bits per heavy atom. The molecular formula is C29H24N2Ni2O4. The van der Waals surface area contributed by atoms with Crippen LogP contribution in [0, 0.1) is 13.8 Å². The van der Waals surface area contributed by atoms with Crippen molar-refractivity contribution in [1.29, 1.82) is 0 Å². The number of aliphatic imine (C=N–C) groups is 2. The number of para-hydroxylation sites is 2. The van der Waals surface area contributed by atoms with Gasteiger partial charge in [-0.2, -0.15) is 0 Å². The van der Waals surface area contributed by atoms with Gasteiger partial charge in [-0.1, -0.05) is 48.5 Å². The van der Waals surface area contributed by atoms with Gasteiger partial charge in [-0.25, -0.2) is 0 Å². The summed E-state index contributed by atoms with van der Waals surface area (Å²) in [6.07, 6.45) is 3.00. The van der Waals surface area contributed by atoms with Crippen molar-refractivity contribution >= 4 is 12.4 Å². The summed E-state index contributed by atoms with van der Waals surface area (Å²) in [6, 6.07) is 21.3. The summed E-state index contributed by atoms with van der Waals surface area (Å²) in [6.45, 7) is 4.08. The van der Waals surface area contributed by atoms with E-state index in [1.54, 1.807) is 24.3 Å². The molecule has 0 spiro atoms. The molecular weight excluding hydrogens is 558 g/mol. The maximum atomic E-state index is 10.4. The second-order valence-corrected chi connectivity index (χ2v) is 8.61. The van der Waals surface area contributed by atoms with E-state index in [-0.39, 0.29) is 56.0 Å². The van der Waals surface area contributed by atoms with Crippen molar-refractivity contribution < 1.29 is 53.4 Å². The molecule has 0 aromatic heterocycles. The summed E-state index contributed by atoms with van der Waals surface area (Å²) in [4.78, 5) is 9.84. The third kappa shape index (κ3) is 4.63. The number of aryl methyl sites for hydroxylation is 2. The average Bonchev–Trinajstić information content (AvgIpc) is 3.13. The minimum atomic E-state index is -1.22. The van der Waals surface area contributed by atoms with Gasteiger partial charge in [0.2, 0.25) is 5.66 Å². The largest absolute Gasteiger partial charge is 0.504 e. The number of fused-ring (bicyclic) bond motifs is 3. The van der Waals surface area contributed by atoms with E-state index in [0.717, 1.165) is 33.4 Å². The molecule has 0 unspecified atom stereocenters. The smallest absolute Gasteiger partial charge is 0.202 e. The van der Waals surface area contributed by atoms with Gasteiger partial charge in [0.15, 0.2) is 23.0 Å². The molecule has 0 fully saturated rings. The van der Waals surface area contributed by atoms with Gasteiger partial charge in [0.05, 0.1) is 0 Å². The monoisotopic (exact) mass is 580 g/mol. The van der Waals surface area contributed by atoms with Crippen molar-refractivity contribution in [1.82, 2.24) is 0 Å². The van der Waals surface area contributed by atoms with E-state index < -0.39 is 5.66 Å². The summed E-state index contributed by atoms with van der Waals surface area (Å²) in [5, 5.41) is 40.7. The van der Waals surface area contributed by atoms with Crippen LogP contribution in [0.2, 0.25) is 0 Å². The van der Waals surface area contributed by atoms with Crippen molar-refractivity contribution in [2.24, 2.45) is 9.98 Å². The number of aromatic hydroxyl groups is 4. The molecule has 0 saturated carbocycles. The zero-order valence-electron chi connectivity index (χ0n) is 19.9. The van der Waals surface area contributed by atoms with Crippen LogP contribution in [0.25, 0.3) is 11.1 Å². The molecule has 4 aromatic rings. The quantitative estimate of drug-likeness (QED) is 0.144. The Labute approximate surface area is 234 Å². The molecule has 1 aliphatic carbocycles. The summed E-state index contributed by atoms with van der Waals surface area (Å²) in [7, 11) is 0. The summed E-state index contributed by atoms with van der Waals surface area (Å²) in [5.41, 5.74) is 5.40. The molecule has 0 bridgehead atoms. The molecule has 8 heteroatoms. The van der Waals surface area contributed by atoms with E-state index in [1.165, 1.54) is 24.6 Å². The zero-order chi connectivity index (χ0) is 24.7. The van der Waals surface area contributed by atoms with Crippen molar-refractivity contribution in [3.05, 3.63) is 106 Å². The van der Waals surface area contributed by atoms with E-state index in [9.17, 15) is 20.4 Å². The van der Waals surface area contributed by atoms with Gasteiger partial charge in [0.1, 0.15) is 0 Å². The van der Waals surface area contributed by atoms with E-state index in [2.05, 4.69) is 0 Å². The predicted octanol–water partition coefficient (Wildman–Crippen LogP) is 5.54. The number of rotatable bonds is 4. The Hall–Kier alpha value is -3.59. The van der Waals surface area contributed by atoms with Gasteiger partial charge < -0.3 is 20.4 Å². The Morgan fingerprint density at radius 1 is 0.568 bits per heavy atom. The molecule has 37 heavy (non-hydrogen) atoms. The van der Waals surface area contributed by atoms with Gasteiger partial charge in [-0.15, -0.1) is 0 Å². The van der Waals surface area contributed by atoms with E-state index in [1.807, 2.05) is 50.2 Å². The van der Waals surface area contributed by atoms with Crippen LogP contribution < -0.4 is 0 Å². The molecule has 0 atom stereocenters. The van der Waals surface area contributed by atoms with Gasteiger partial charge in [-0.05, 0) is 60.4 Å². The van der Waals surface area contributed by atoms with Crippen LogP contribution >= 0.6 is 0 Å². The van der Waals surface area contributed by atoms with Crippen LogP contribution in [0.5, 0.6) is 23.0 Å². The summed E-state index contributed by atoms with van der Waals surface area (Å²) < 4.78 is 0. The molecule has 6 nitrogen and oxygen atoms in total. The van der Waals surface area contributed by atoms with Crippen molar-refractivity contribution in [3.63, 3.8) is 0 Å². The number of hydrogen-bond acceptors (Lipinski definition) is 6. The number of hydrogen-bond donors (Lipinski definition) is 4. The zero-order valence-corrected chi connectivity index (χ0v) is 21.9. The summed E-state index contributed by atoms with van der Waals surface area (Å²) >= 11 is 0. The van der Waals surface area contributed by atoms with Gasteiger partial charge in [0.25, 0.3) is 0 Å². The fraction of sp³-hybridized carbons (Fsp3) is 0.103. The first-order chi connectivity index (χ1) is 16.8. The van der Waals surface area contributed by atoms with Crippen LogP contribution in [0.4, 0.5) is 0 Å². The fourth-order valence-electron chi connectivity index (χ4n) is 4.67. The van der Waals surface area contributed by atoms with Gasteiger partial charge in [0, 0.05) is 67.7 Å². The molecule has 0 radical (unpaired) electrons. The topological polar surface area (TPSA) is 106 Å². The van der Waals surface area contributed by atoms with Crippen molar-refractivity contribution in [2.45, 2.75) is 19.5 Å². The maximum Gasteiger partial charge on any atom is 0.202 e. The van der Waals surface area contributed by atoms with Crippen LogP contribution in [0.1, 0.15) is 33.4 Å². The second-order valence-electron chi connectivity index (χ2n) is 8.61. The fourth-order valence-corrected chi connectivity index (χ4v) is 4.67. The standard InChI is InChI=1S/C29H24N2O4.2Ni/c1-17-7-3-11-21-25(17)26-18(2)8-4-12-22(26)29(21,30-15-19-9-5-13-23(32)27(19)34)31-16-20-10-6-14-24(33)28(20)35;;/h3-16,32-35H,1-2H3;;/b30-15+,31-16+;;. The number of benzene rings is 4. The molecule has 194 valence electrons. The molecule has 0 amide bonds. The summed E-state index contributed by atoms with van der Waals surface area (Å²) in [5.74, 6) is -1.02. The third-order valence-corrected chi connectivity index (χ3v) is 6.42. The molecule has 5 rings (SSSR count). The molecule has 1 aliphatic rings. The Balaban J connectivity index is 0.00000190. The first kappa shape index (κ1) is 28.0. The SMILES string of the molecule is Cc1cccc2c1-c1c(C)cccc1C2(/N=C/c1cccc(O)c1O)/N=C/c1cccc(O)c1O.[Ni].[Ni].